The van der Waals surface area contributed by atoms with Gasteiger partial charge in [-0.05, 0) is 58.1 Å². The highest BCUT2D eigenvalue weighted by Gasteiger charge is 2.27. The van der Waals surface area contributed by atoms with Crippen LogP contribution in [0.4, 0.5) is 0 Å². The number of hydrogen-bond donors (Lipinski definition) is 0. The number of pyridine rings is 1. The summed E-state index contributed by atoms with van der Waals surface area (Å²) in [6, 6.07) is 23.8. The topological polar surface area (TPSA) is 65.8 Å². The summed E-state index contributed by atoms with van der Waals surface area (Å²) in [6.07, 6.45) is 7.37. The molecule has 0 aliphatic rings. The predicted octanol–water partition coefficient (Wildman–Crippen LogP) is 9.57. The average Bonchev–Trinajstić information content (AvgIpc) is 3.56. The Morgan fingerprint density at radius 2 is 0.979 bits per heavy atom. The van der Waals surface area contributed by atoms with Crippen LogP contribution >= 0.6 is 0 Å². The van der Waals surface area contributed by atoms with Crippen LogP contribution in [-0.2, 0) is 0 Å². The maximum absolute atomic E-state index is 5.68. The summed E-state index contributed by atoms with van der Waals surface area (Å²) in [7, 11) is 0. The van der Waals surface area contributed by atoms with Crippen LogP contribution < -0.4 is 5.62 Å². The minimum atomic E-state index is 0.271. The lowest BCUT2D eigenvalue weighted by molar-refractivity contribution is 0.736. The fourth-order valence-corrected chi connectivity index (χ4v) is 6.96. The zero-order chi connectivity index (χ0) is 33.0. The molecule has 7 rings (SSSR count). The van der Waals surface area contributed by atoms with Gasteiger partial charge in [0.05, 0.1) is 22.4 Å². The van der Waals surface area contributed by atoms with Crippen molar-refractivity contribution in [2.45, 2.75) is 79.1 Å². The van der Waals surface area contributed by atoms with Gasteiger partial charge >= 0.3 is 0 Å². The van der Waals surface area contributed by atoms with Crippen LogP contribution in [-0.4, -0.2) is 28.8 Å². The van der Waals surface area contributed by atoms with Crippen molar-refractivity contribution in [2.75, 3.05) is 0 Å². The van der Waals surface area contributed by atoms with Crippen LogP contribution in [0.15, 0.2) is 96.6 Å². The molecule has 0 radical (unpaired) electrons. The third-order valence-electron chi connectivity index (χ3n) is 9.25. The van der Waals surface area contributed by atoms with Crippen molar-refractivity contribution in [1.82, 2.24) is 28.8 Å². The molecule has 0 fully saturated rings. The molecule has 47 heavy (non-hydrogen) atoms. The number of hydrogen-bond acceptors (Lipinski definition) is 4. The Bertz CT molecular complexity index is 2120. The van der Waals surface area contributed by atoms with Gasteiger partial charge in [-0.15, -0.1) is 5.10 Å². The molecule has 0 atom stereocenters. The first-order chi connectivity index (χ1) is 22.7. The average molecular weight is 622 g/mol. The Balaban J connectivity index is 1.79. The fraction of sp³-hybridized carbons (Fsp3) is 0.300. The Hall–Kier alpha value is -5.04. The molecule has 0 aliphatic carbocycles. The molecule has 0 bridgehead atoms. The Kier molecular flexibility index (Phi) is 7.79. The van der Waals surface area contributed by atoms with E-state index in [1.165, 1.54) is 22.3 Å². The number of nitrogens with zero attached hydrogens (tertiary/aromatic N) is 7. The highest BCUT2D eigenvalue weighted by atomic mass is 15.4. The van der Waals surface area contributed by atoms with Crippen molar-refractivity contribution in [1.29, 1.82) is 0 Å². The first kappa shape index (κ1) is 30.6. The third kappa shape index (κ3) is 4.96. The number of imidazole rings is 1. The van der Waals surface area contributed by atoms with Gasteiger partial charge in [-0.2, -0.15) is 0 Å². The number of para-hydroxylation sites is 3. The molecule has 0 unspecified atom stereocenters. The summed E-state index contributed by atoms with van der Waals surface area (Å²) in [5, 5.41) is 7.86. The molecule has 4 heterocycles. The predicted molar refractivity (Wildman–Crippen MR) is 193 cm³/mol. The monoisotopic (exact) mass is 621 g/mol. The zero-order valence-corrected chi connectivity index (χ0v) is 28.6. The molecule has 7 heteroatoms. The molecule has 238 valence electrons. The minimum Gasteiger partial charge on any atom is -0.264 e. The van der Waals surface area contributed by atoms with E-state index in [4.69, 9.17) is 15.1 Å². The molecule has 4 aromatic heterocycles. The molecule has 0 saturated heterocycles. The van der Waals surface area contributed by atoms with Gasteiger partial charge in [0.15, 0.2) is 11.3 Å². The van der Waals surface area contributed by atoms with Crippen LogP contribution in [0.5, 0.6) is 0 Å². The number of fused-ring (bicyclic) bond motifs is 4. The molecule has 0 amide bonds. The van der Waals surface area contributed by atoms with Gasteiger partial charge in [0.25, 0.3) is 0 Å². The van der Waals surface area contributed by atoms with Gasteiger partial charge in [-0.3, -0.25) is 14.1 Å². The molecule has 0 saturated carbocycles. The van der Waals surface area contributed by atoms with Gasteiger partial charge < -0.3 is 0 Å². The molecule has 0 aliphatic heterocycles. The Labute approximate surface area is 276 Å². The summed E-state index contributed by atoms with van der Waals surface area (Å²) < 4.78 is 6.62. The van der Waals surface area contributed by atoms with E-state index in [0.29, 0.717) is 0 Å². The van der Waals surface area contributed by atoms with Crippen LogP contribution in [0.1, 0.15) is 101 Å². The second-order valence-corrected chi connectivity index (χ2v) is 13.7. The van der Waals surface area contributed by atoms with Gasteiger partial charge in [-0.1, -0.05) is 110 Å². The van der Waals surface area contributed by atoms with E-state index < -0.39 is 0 Å². The molecule has 7 aromatic rings. The zero-order valence-electron chi connectivity index (χ0n) is 28.6. The van der Waals surface area contributed by atoms with Crippen LogP contribution in [0.3, 0.4) is 0 Å². The summed E-state index contributed by atoms with van der Waals surface area (Å²) in [6.45, 7) is 18.1. The second kappa shape index (κ2) is 12.0. The molecule has 0 N–H and O–H groups in total. The Morgan fingerprint density at radius 3 is 1.47 bits per heavy atom. The molecule has 3 aromatic carbocycles. The van der Waals surface area contributed by atoms with Crippen LogP contribution in [0.2, 0.25) is 0 Å². The lowest BCUT2D eigenvalue weighted by Gasteiger charge is -2.22. The maximum atomic E-state index is 5.68. The van der Waals surface area contributed by atoms with E-state index in [0.717, 1.165) is 50.1 Å². The summed E-state index contributed by atoms with van der Waals surface area (Å²) >= 11 is 0. The second-order valence-electron chi connectivity index (χ2n) is 13.7. The molecule has 7 nitrogen and oxygen atoms in total. The van der Waals surface area contributed by atoms with Crippen molar-refractivity contribution in [3.63, 3.8) is 0 Å². The normalized spacial score (nSPS) is 12.2. The fourth-order valence-electron chi connectivity index (χ4n) is 6.96. The quantitative estimate of drug-likeness (QED) is 0.178. The van der Waals surface area contributed by atoms with Crippen molar-refractivity contribution in [3.8, 4) is 11.4 Å². The smallest absolute Gasteiger partial charge is 0.240 e. The van der Waals surface area contributed by atoms with Gasteiger partial charge in [-0.25, -0.2) is 14.6 Å². The minimum absolute atomic E-state index is 0.271. The lowest BCUT2D eigenvalue weighted by atomic mass is 9.92. The standard InChI is InChI=1S/C40H43N7/c1-24(2)28-14-11-15-29(25(3)4)36(28)45-38-39(43-22-21-42-38)46(37-30(26(5)6)16-12-17-31(37)27(7)8)40(45)44-47-34-18-10-9-13-32(34)33-23-41-20-19-35(33)47/h9-27H,1-8H3. The van der Waals surface area contributed by atoms with Crippen LogP contribution in [0, 0.1) is 0 Å². The molecular formula is C40H43N7. The SMILES string of the molecule is CC(C)c1cccc(C(C)C)c1-n1c(=Nn2c3ccccc3c3cnccc32)n(-c2c(C(C)C)cccc2C(C)C)c2nccnc21. The molecule has 0 spiro atoms. The Morgan fingerprint density at radius 1 is 0.511 bits per heavy atom. The largest absolute Gasteiger partial charge is 0.264 e. The number of rotatable bonds is 7. The first-order valence-electron chi connectivity index (χ1n) is 16.8. The summed E-state index contributed by atoms with van der Waals surface area (Å²) in [5.41, 5.74) is 11.5. The van der Waals surface area contributed by atoms with Crippen molar-refractivity contribution in [3.05, 3.63) is 119 Å². The highest BCUT2D eigenvalue weighted by molar-refractivity contribution is 6.07. The maximum Gasteiger partial charge on any atom is 0.240 e. The van der Waals surface area contributed by atoms with Crippen LogP contribution in [0.25, 0.3) is 44.5 Å². The lowest BCUT2D eigenvalue weighted by Crippen LogP contribution is -2.29. The summed E-state index contributed by atoms with van der Waals surface area (Å²) in [4.78, 5) is 14.6. The number of aromatic nitrogens is 6. The molecular weight excluding hydrogens is 578 g/mol. The van der Waals surface area contributed by atoms with Gasteiger partial charge in [0, 0.05) is 35.6 Å². The highest BCUT2D eigenvalue weighted by Crippen LogP contribution is 2.36. The van der Waals surface area contributed by atoms with Crippen molar-refractivity contribution in [2.24, 2.45) is 5.10 Å². The van der Waals surface area contributed by atoms with Gasteiger partial charge in [0.2, 0.25) is 5.62 Å². The van der Waals surface area contributed by atoms with E-state index >= 15 is 0 Å². The van der Waals surface area contributed by atoms with E-state index in [1.807, 2.05) is 12.4 Å². The summed E-state index contributed by atoms with van der Waals surface area (Å²) in [5.74, 6) is 1.08. The van der Waals surface area contributed by atoms with E-state index in [9.17, 15) is 0 Å². The van der Waals surface area contributed by atoms with Crippen molar-refractivity contribution < 1.29 is 0 Å². The third-order valence-corrected chi connectivity index (χ3v) is 9.25. The first-order valence-corrected chi connectivity index (χ1v) is 16.8. The van der Waals surface area contributed by atoms with E-state index in [1.54, 1.807) is 12.4 Å². The number of benzene rings is 3. The van der Waals surface area contributed by atoms with E-state index in [-0.39, 0.29) is 23.7 Å². The van der Waals surface area contributed by atoms with Crippen molar-refractivity contribution >= 4 is 33.1 Å². The van der Waals surface area contributed by atoms with Gasteiger partial charge in [0.1, 0.15) is 0 Å². The van der Waals surface area contributed by atoms with E-state index in [2.05, 4.69) is 141 Å².